The van der Waals surface area contributed by atoms with Gasteiger partial charge in [-0.2, -0.15) is 0 Å². The second kappa shape index (κ2) is 10.3. The number of hydrogen-bond donors (Lipinski definition) is 1. The van der Waals surface area contributed by atoms with Crippen LogP contribution in [0.3, 0.4) is 0 Å². The van der Waals surface area contributed by atoms with Crippen molar-refractivity contribution >= 4 is 27.8 Å². The first-order valence-corrected chi connectivity index (χ1v) is 13.1. The number of nitrogens with one attached hydrogen (secondary N) is 1. The number of nitrogens with zero attached hydrogens (tertiary/aromatic N) is 4. The molecule has 2 fully saturated rings. The molecular formula is C28H30FN5O5. The smallest absolute Gasteiger partial charge is 0.230 e. The molecule has 2 aliphatic rings. The highest BCUT2D eigenvalue weighted by atomic mass is 19.1. The van der Waals surface area contributed by atoms with E-state index in [1.165, 1.54) is 19.6 Å². The van der Waals surface area contributed by atoms with Gasteiger partial charge in [-0.1, -0.05) is 0 Å². The number of aryl methyl sites for hydroxylation is 1. The number of hydrogen-bond acceptors (Lipinski definition) is 8. The summed E-state index contributed by atoms with van der Waals surface area (Å²) in [4.78, 5) is 30.4. The lowest BCUT2D eigenvalue weighted by molar-refractivity contribution is -0.153. The van der Waals surface area contributed by atoms with Gasteiger partial charge in [0.1, 0.15) is 12.0 Å². The molecule has 1 aromatic carbocycles. The number of aromatic amines is 1. The molecule has 6 rings (SSSR count). The van der Waals surface area contributed by atoms with Gasteiger partial charge in [-0.25, -0.2) is 19.3 Å². The second-order valence-corrected chi connectivity index (χ2v) is 10.3. The molecule has 0 aliphatic carbocycles. The van der Waals surface area contributed by atoms with Crippen molar-refractivity contribution in [1.29, 1.82) is 0 Å². The normalized spacial score (nSPS) is 16.4. The van der Waals surface area contributed by atoms with Crippen LogP contribution in [-0.4, -0.2) is 70.8 Å². The first kappa shape index (κ1) is 25.3. The fourth-order valence-electron chi connectivity index (χ4n) is 5.20. The van der Waals surface area contributed by atoms with Crippen LogP contribution in [0.4, 0.5) is 4.39 Å². The average molecular weight is 536 g/mol. The molecule has 0 radical (unpaired) electrons. The fraction of sp³-hybridized carbons (Fsp3) is 0.429. The Hall–Kier alpha value is -3.99. The first-order chi connectivity index (χ1) is 18.9. The molecule has 39 heavy (non-hydrogen) atoms. The Morgan fingerprint density at radius 2 is 1.92 bits per heavy atom. The van der Waals surface area contributed by atoms with Gasteiger partial charge in [-0.05, 0) is 38.3 Å². The van der Waals surface area contributed by atoms with Crippen molar-refractivity contribution in [2.45, 2.75) is 32.6 Å². The number of amides is 1. The van der Waals surface area contributed by atoms with Gasteiger partial charge in [0.2, 0.25) is 11.8 Å². The summed E-state index contributed by atoms with van der Waals surface area (Å²) in [5.41, 5.74) is 2.09. The molecule has 2 aliphatic heterocycles. The number of rotatable bonds is 8. The third-order valence-electron chi connectivity index (χ3n) is 7.57. The maximum atomic E-state index is 15.1. The van der Waals surface area contributed by atoms with E-state index in [-0.39, 0.29) is 17.5 Å². The van der Waals surface area contributed by atoms with Crippen LogP contribution in [0.1, 0.15) is 31.4 Å². The second-order valence-electron chi connectivity index (χ2n) is 10.3. The van der Waals surface area contributed by atoms with Gasteiger partial charge < -0.3 is 28.8 Å². The van der Waals surface area contributed by atoms with Crippen molar-refractivity contribution in [3.8, 4) is 23.1 Å². The van der Waals surface area contributed by atoms with Crippen molar-refractivity contribution in [2.24, 2.45) is 5.41 Å². The Morgan fingerprint density at radius 1 is 1.10 bits per heavy atom. The number of fused-ring (bicyclic) bond motifs is 2. The molecule has 10 nitrogen and oxygen atoms in total. The van der Waals surface area contributed by atoms with Crippen LogP contribution in [0.25, 0.3) is 21.9 Å². The van der Waals surface area contributed by atoms with Crippen LogP contribution in [0, 0.1) is 18.2 Å². The number of ether oxygens (including phenoxy) is 4. The number of benzene rings is 1. The van der Waals surface area contributed by atoms with Gasteiger partial charge in [0, 0.05) is 36.7 Å². The lowest BCUT2D eigenvalue weighted by Gasteiger charge is -2.47. The minimum absolute atomic E-state index is 0.0460. The van der Waals surface area contributed by atoms with E-state index in [1.807, 2.05) is 11.8 Å². The lowest BCUT2D eigenvalue weighted by Crippen LogP contribution is -2.52. The van der Waals surface area contributed by atoms with E-state index >= 15 is 4.39 Å². The molecule has 0 saturated carbocycles. The van der Waals surface area contributed by atoms with Gasteiger partial charge in [0.15, 0.2) is 23.1 Å². The molecule has 1 N–H and O–H groups in total. The number of carbonyl (C=O) groups excluding carboxylic acids is 1. The van der Waals surface area contributed by atoms with Crippen molar-refractivity contribution in [1.82, 2.24) is 24.8 Å². The summed E-state index contributed by atoms with van der Waals surface area (Å²) in [5.74, 6) is 0.689. The summed E-state index contributed by atoms with van der Waals surface area (Å²) in [6, 6.07) is 5.10. The number of H-pyrrole nitrogens is 1. The zero-order valence-corrected chi connectivity index (χ0v) is 22.0. The third-order valence-corrected chi connectivity index (χ3v) is 7.57. The van der Waals surface area contributed by atoms with Crippen molar-refractivity contribution < 1.29 is 28.1 Å². The van der Waals surface area contributed by atoms with E-state index < -0.39 is 5.82 Å². The summed E-state index contributed by atoms with van der Waals surface area (Å²) in [6.45, 7) is 5.42. The molecule has 4 aromatic rings. The molecule has 0 atom stereocenters. The van der Waals surface area contributed by atoms with Gasteiger partial charge in [0.05, 0.1) is 49.4 Å². The number of halogens is 1. The highest BCUT2D eigenvalue weighted by Gasteiger charge is 2.41. The molecule has 0 bridgehead atoms. The summed E-state index contributed by atoms with van der Waals surface area (Å²) < 4.78 is 37.8. The van der Waals surface area contributed by atoms with Gasteiger partial charge in [0.25, 0.3) is 0 Å². The van der Waals surface area contributed by atoms with Gasteiger partial charge >= 0.3 is 0 Å². The predicted molar refractivity (Wildman–Crippen MR) is 141 cm³/mol. The molecule has 1 spiro atoms. The van der Waals surface area contributed by atoms with E-state index in [2.05, 4.69) is 19.9 Å². The van der Waals surface area contributed by atoms with Crippen LogP contribution in [0.15, 0.2) is 30.7 Å². The Balaban J connectivity index is 1.11. The zero-order valence-electron chi connectivity index (χ0n) is 22.0. The largest absolute Gasteiger partial charge is 0.493 e. The number of methoxy groups -OCH3 is 1. The maximum absolute atomic E-state index is 15.1. The molecule has 1 amide bonds. The summed E-state index contributed by atoms with van der Waals surface area (Å²) in [7, 11) is 1.53. The number of likely N-dealkylation sites (tertiary alicyclic amines) is 1. The van der Waals surface area contributed by atoms with Crippen molar-refractivity contribution in [2.75, 3.05) is 40.0 Å². The number of aromatic nitrogens is 4. The molecule has 3 aromatic heterocycles. The van der Waals surface area contributed by atoms with Crippen LogP contribution in [0.2, 0.25) is 0 Å². The average Bonchev–Trinajstić information content (AvgIpc) is 3.32. The summed E-state index contributed by atoms with van der Waals surface area (Å²) in [5, 5.41) is 0.869. The maximum Gasteiger partial charge on any atom is 0.230 e. The summed E-state index contributed by atoms with van der Waals surface area (Å²) >= 11 is 0. The van der Waals surface area contributed by atoms with Gasteiger partial charge in [-0.3, -0.25) is 4.79 Å². The molecule has 5 heterocycles. The van der Waals surface area contributed by atoms with Gasteiger partial charge in [-0.15, -0.1) is 0 Å². The Morgan fingerprint density at radius 3 is 2.67 bits per heavy atom. The van der Waals surface area contributed by atoms with Crippen LogP contribution in [-0.2, 0) is 9.53 Å². The highest BCUT2D eigenvalue weighted by Crippen LogP contribution is 2.39. The zero-order chi connectivity index (χ0) is 27.0. The Kier molecular flexibility index (Phi) is 6.68. The number of piperidine rings is 1. The highest BCUT2D eigenvalue weighted by molar-refractivity contribution is 5.87. The summed E-state index contributed by atoms with van der Waals surface area (Å²) in [6.07, 6.45) is 5.69. The quantitative estimate of drug-likeness (QED) is 0.327. The monoisotopic (exact) mass is 535 g/mol. The first-order valence-electron chi connectivity index (χ1n) is 13.1. The Labute approximate surface area is 224 Å². The molecular weight excluding hydrogens is 505 g/mol. The van der Waals surface area contributed by atoms with E-state index in [1.54, 1.807) is 18.2 Å². The predicted octanol–water partition coefficient (Wildman–Crippen LogP) is 4.55. The van der Waals surface area contributed by atoms with Crippen LogP contribution < -0.4 is 14.2 Å². The molecule has 2 saturated heterocycles. The van der Waals surface area contributed by atoms with Crippen molar-refractivity contribution in [3.63, 3.8) is 0 Å². The Bertz CT molecular complexity index is 1530. The number of pyridine rings is 1. The van der Waals surface area contributed by atoms with E-state index in [4.69, 9.17) is 18.9 Å². The van der Waals surface area contributed by atoms with E-state index in [9.17, 15) is 4.79 Å². The third kappa shape index (κ3) is 4.94. The molecule has 11 heteroatoms. The molecule has 0 unspecified atom stereocenters. The fourth-order valence-corrected chi connectivity index (χ4v) is 5.20. The number of carbonyl (C=O) groups is 1. The van der Waals surface area contributed by atoms with Crippen LogP contribution >= 0.6 is 0 Å². The van der Waals surface area contributed by atoms with Crippen molar-refractivity contribution in [3.05, 3.63) is 42.2 Å². The molecule has 204 valence electrons. The van der Waals surface area contributed by atoms with E-state index in [0.717, 1.165) is 44.8 Å². The van der Waals surface area contributed by atoms with E-state index in [0.29, 0.717) is 58.3 Å². The SMILES string of the molecule is COc1cc2c(Oc3cnc4[nH]c(C)cc4c3F)ncnc2cc1OCCCC(=O)N1CCC2(CC1)COC2. The minimum Gasteiger partial charge on any atom is -0.493 e. The standard InChI is InChI=1S/C28H30FN5O5/c1-17-10-19-25(29)23(13-30-26(19)33-17)39-27-18-11-21(36-2)22(12-20(18)31-16-32-27)38-9-3-4-24(35)34-7-5-28(6-8-34)14-37-15-28/h10-13,16H,3-9,14-15H2,1-2H3,(H,30,33). The topological polar surface area (TPSA) is 112 Å². The van der Waals surface area contributed by atoms with Crippen LogP contribution in [0.5, 0.6) is 23.1 Å². The lowest BCUT2D eigenvalue weighted by atomic mass is 9.77. The minimum atomic E-state index is -0.529.